The number of methoxy groups -OCH3 is 1. The van der Waals surface area contributed by atoms with Gasteiger partial charge in [-0.25, -0.2) is 13.3 Å². The van der Waals surface area contributed by atoms with Crippen LogP contribution in [0.2, 0.25) is 0 Å². The average Bonchev–Trinajstić information content (AvgIpc) is 2.95. The van der Waals surface area contributed by atoms with E-state index in [-0.39, 0.29) is 6.61 Å². The molecule has 1 N–H and O–H groups in total. The summed E-state index contributed by atoms with van der Waals surface area (Å²) in [4.78, 5) is 4.70. The first-order valence-corrected chi connectivity index (χ1v) is 10.4. The molecular formula is C15H24O13S-2. The van der Waals surface area contributed by atoms with Gasteiger partial charge in [0.25, 0.3) is 0 Å². The molecular weight excluding hydrogens is 420 g/mol. The number of ether oxygens (including phenoxy) is 5. The van der Waals surface area contributed by atoms with Crippen molar-refractivity contribution in [3.05, 3.63) is 0 Å². The molecule has 0 aromatic rings. The molecule has 3 heterocycles. The summed E-state index contributed by atoms with van der Waals surface area (Å²) in [6, 6.07) is 0. The largest absolute Gasteiger partial charge is 0.726 e. The van der Waals surface area contributed by atoms with Crippen molar-refractivity contribution in [3.63, 3.8) is 0 Å². The molecule has 0 aliphatic carbocycles. The maximum Gasteiger partial charge on any atom is 0.218 e. The summed E-state index contributed by atoms with van der Waals surface area (Å²) in [6.45, 7) is 3.44. The fourth-order valence-electron chi connectivity index (χ4n) is 3.89. The van der Waals surface area contributed by atoms with Crippen LogP contribution in [0.25, 0.3) is 0 Å². The average molecular weight is 444 g/mol. The molecule has 14 heteroatoms. The van der Waals surface area contributed by atoms with E-state index in [2.05, 4.69) is 9.22 Å². The monoisotopic (exact) mass is 444 g/mol. The quantitative estimate of drug-likeness (QED) is 0.183. The fraction of sp³-hybridized carbons (Fsp3) is 1.00. The highest BCUT2D eigenvalue weighted by Crippen LogP contribution is 2.38. The second-order valence-corrected chi connectivity index (χ2v) is 8.09. The van der Waals surface area contributed by atoms with Gasteiger partial charge in [0.2, 0.25) is 10.4 Å². The lowest BCUT2D eigenvalue weighted by Gasteiger charge is -2.45. The molecule has 0 spiro atoms. The molecule has 3 rings (SSSR count). The van der Waals surface area contributed by atoms with Crippen molar-refractivity contribution in [1.29, 1.82) is 0 Å². The van der Waals surface area contributed by atoms with E-state index in [1.807, 2.05) is 0 Å². The van der Waals surface area contributed by atoms with Gasteiger partial charge in [0.05, 0.1) is 18.8 Å². The summed E-state index contributed by atoms with van der Waals surface area (Å²) < 4.78 is 65.7. The highest BCUT2D eigenvalue weighted by atomic mass is 32.3. The Bertz CT molecular complexity index is 644. The predicted molar refractivity (Wildman–Crippen MR) is 84.9 cm³/mol. The first-order valence-electron chi connectivity index (χ1n) is 9.08. The molecule has 3 aliphatic heterocycles. The molecule has 3 saturated heterocycles. The van der Waals surface area contributed by atoms with Gasteiger partial charge in [0.1, 0.15) is 24.4 Å². The van der Waals surface area contributed by atoms with Gasteiger partial charge in [-0.15, -0.1) is 0 Å². The molecule has 0 aromatic heterocycles. The number of aliphatic hydroxyl groups excluding tert-OH is 1. The Morgan fingerprint density at radius 3 is 2.48 bits per heavy atom. The summed E-state index contributed by atoms with van der Waals surface area (Å²) in [5, 5.41) is 24.4. The Morgan fingerprint density at radius 2 is 1.90 bits per heavy atom. The maximum atomic E-state index is 11.1. The smallest absolute Gasteiger partial charge is 0.218 e. The molecule has 0 amide bonds. The van der Waals surface area contributed by atoms with Gasteiger partial charge in [-0.3, -0.25) is 9.22 Å². The zero-order valence-corrected chi connectivity index (χ0v) is 16.8. The Hall–Kier alpha value is -0.490. The van der Waals surface area contributed by atoms with E-state index in [4.69, 9.17) is 28.6 Å². The molecule has 13 nitrogen and oxygen atoms in total. The Labute approximate surface area is 167 Å². The van der Waals surface area contributed by atoms with E-state index < -0.39 is 71.6 Å². The van der Waals surface area contributed by atoms with Crippen LogP contribution < -0.4 is 5.26 Å². The lowest BCUT2D eigenvalue weighted by molar-refractivity contribution is -0.808. The molecule has 3 fully saturated rings. The van der Waals surface area contributed by atoms with Gasteiger partial charge in [-0.05, 0) is 6.42 Å². The molecule has 4 unspecified atom stereocenters. The molecule has 2 bridgehead atoms. The minimum absolute atomic E-state index is 0.0135. The van der Waals surface area contributed by atoms with Crippen LogP contribution in [-0.4, -0.2) is 87.1 Å². The van der Waals surface area contributed by atoms with E-state index in [0.717, 1.165) is 0 Å². The predicted octanol–water partition coefficient (Wildman–Crippen LogP) is -2.29. The van der Waals surface area contributed by atoms with E-state index in [1.54, 1.807) is 13.8 Å². The summed E-state index contributed by atoms with van der Waals surface area (Å²) in [5.41, 5.74) is 0. The fourth-order valence-corrected chi connectivity index (χ4v) is 4.37. The number of hydrogen-bond donors (Lipinski definition) is 1. The van der Waals surface area contributed by atoms with E-state index in [9.17, 15) is 23.3 Å². The zero-order chi connectivity index (χ0) is 21.3. The third-order valence-electron chi connectivity index (χ3n) is 5.36. The summed E-state index contributed by atoms with van der Waals surface area (Å²) in [7, 11) is -3.83. The van der Waals surface area contributed by atoms with Gasteiger partial charge in [-0.1, -0.05) is 13.8 Å². The van der Waals surface area contributed by atoms with Crippen LogP contribution >= 0.6 is 0 Å². The second kappa shape index (κ2) is 9.33. The van der Waals surface area contributed by atoms with Crippen molar-refractivity contribution < 1.29 is 61.1 Å². The SMILES string of the molecule is CCC1O[C@@H](O[C@H]2C3COC2[C@H](OS(=O)(=O)[O-])[C@@H](OC)O3)C(OO[O-])[C@@H](C)[C@H]1O. The van der Waals surface area contributed by atoms with Crippen LogP contribution in [0.4, 0.5) is 0 Å². The minimum Gasteiger partial charge on any atom is -0.726 e. The zero-order valence-electron chi connectivity index (χ0n) is 15.9. The van der Waals surface area contributed by atoms with E-state index in [0.29, 0.717) is 6.42 Å². The number of rotatable bonds is 8. The van der Waals surface area contributed by atoms with Gasteiger partial charge in [0.15, 0.2) is 18.7 Å². The van der Waals surface area contributed by atoms with E-state index in [1.165, 1.54) is 7.11 Å². The first kappa shape index (κ1) is 23.2. The highest BCUT2D eigenvalue weighted by Gasteiger charge is 2.56. The van der Waals surface area contributed by atoms with E-state index >= 15 is 0 Å². The summed E-state index contributed by atoms with van der Waals surface area (Å²) >= 11 is 0. The van der Waals surface area contributed by atoms with Crippen LogP contribution in [-0.2, 0) is 48.2 Å². The van der Waals surface area contributed by atoms with Gasteiger partial charge >= 0.3 is 0 Å². The topological polar surface area (TPSA) is 174 Å². The van der Waals surface area contributed by atoms with Crippen LogP contribution in [0.3, 0.4) is 0 Å². The molecule has 3 aliphatic rings. The van der Waals surface area contributed by atoms with Crippen LogP contribution in [0, 0.1) is 5.92 Å². The molecule has 0 saturated carbocycles. The van der Waals surface area contributed by atoms with Crippen molar-refractivity contribution in [2.75, 3.05) is 13.7 Å². The lowest BCUT2D eigenvalue weighted by atomic mass is 9.89. The van der Waals surface area contributed by atoms with Crippen LogP contribution in [0.15, 0.2) is 0 Å². The number of hydrogen-bond acceptors (Lipinski definition) is 13. The van der Waals surface area contributed by atoms with Crippen molar-refractivity contribution >= 4 is 10.4 Å². The molecule has 0 radical (unpaired) electrons. The van der Waals surface area contributed by atoms with Crippen molar-refractivity contribution in [2.45, 2.75) is 75.6 Å². The summed E-state index contributed by atoms with van der Waals surface area (Å²) in [5.74, 6) is -0.587. The van der Waals surface area contributed by atoms with Crippen molar-refractivity contribution in [2.24, 2.45) is 5.92 Å². The van der Waals surface area contributed by atoms with Gasteiger partial charge in [-0.2, -0.15) is 0 Å². The molecule has 170 valence electrons. The molecule has 0 aromatic carbocycles. The van der Waals surface area contributed by atoms with Gasteiger partial charge < -0.3 is 38.6 Å². The highest BCUT2D eigenvalue weighted by molar-refractivity contribution is 7.80. The maximum absolute atomic E-state index is 11.1. The van der Waals surface area contributed by atoms with Crippen molar-refractivity contribution in [3.8, 4) is 0 Å². The van der Waals surface area contributed by atoms with Crippen molar-refractivity contribution in [1.82, 2.24) is 0 Å². The normalized spacial score (nSPS) is 45.4. The minimum atomic E-state index is -5.09. The lowest BCUT2D eigenvalue weighted by Crippen LogP contribution is -2.61. The first-order chi connectivity index (χ1) is 13.7. The Balaban J connectivity index is 1.80. The Kier molecular flexibility index (Phi) is 7.46. The molecule has 29 heavy (non-hydrogen) atoms. The summed E-state index contributed by atoms with van der Waals surface area (Å²) in [6.07, 6.45) is -8.62. The van der Waals surface area contributed by atoms with Crippen LogP contribution in [0.1, 0.15) is 20.3 Å². The Morgan fingerprint density at radius 1 is 1.17 bits per heavy atom. The van der Waals surface area contributed by atoms with Crippen LogP contribution in [0.5, 0.6) is 0 Å². The third kappa shape index (κ3) is 4.89. The molecule has 10 atom stereocenters. The second-order valence-electron chi connectivity index (χ2n) is 7.08. The number of aliphatic hydroxyl groups is 1. The third-order valence-corrected chi connectivity index (χ3v) is 5.82. The number of fused-ring (bicyclic) bond motifs is 2. The van der Waals surface area contributed by atoms with Gasteiger partial charge in [0, 0.05) is 13.0 Å². The standard InChI is InChI=1S/C15H26O13S/c1-4-7-9(16)6(2)10(26-28-17)15(23-7)25-11-8-5-22-12(11)13(14(21-3)24-8)27-29(18,19)20/h6-17H,4-5H2,1-3H3,(H,18,19,20)/p-2/t6-,7?,8?,9+,10?,11-,12?,13-,14-,15-/m0/s1.